The summed E-state index contributed by atoms with van der Waals surface area (Å²) in [6.45, 7) is -0.745. The molecule has 2 N–H and O–H groups in total. The Bertz CT molecular complexity index is 1110. The molecule has 0 fully saturated rings. The highest BCUT2D eigenvalue weighted by Crippen LogP contribution is 2.45. The second kappa shape index (κ2) is 7.62. The van der Waals surface area contributed by atoms with Crippen LogP contribution in [0.15, 0.2) is 54.9 Å². The van der Waals surface area contributed by atoms with Crippen LogP contribution in [0.4, 0.5) is 10.1 Å². The van der Waals surface area contributed by atoms with Gasteiger partial charge in [-0.15, -0.1) is 0 Å². The van der Waals surface area contributed by atoms with Crippen LogP contribution in [-0.2, 0) is 7.05 Å². The third kappa shape index (κ3) is 3.30. The fraction of sp³-hybridized carbons (Fsp3) is 0.227. The zero-order valence-corrected chi connectivity index (χ0v) is 16.6. The van der Waals surface area contributed by atoms with Crippen molar-refractivity contribution >= 4 is 17.5 Å². The molecule has 4 rings (SSSR count). The van der Waals surface area contributed by atoms with Crippen molar-refractivity contribution in [3.63, 3.8) is 0 Å². The topological polar surface area (TPSA) is 90.4 Å². The summed E-state index contributed by atoms with van der Waals surface area (Å²) in [5, 5.41) is 4.08. The van der Waals surface area contributed by atoms with Gasteiger partial charge in [0.25, 0.3) is 11.8 Å². The summed E-state index contributed by atoms with van der Waals surface area (Å²) in [6, 6.07) is 12.4. The molecular formula is C22H21FN4O3. The van der Waals surface area contributed by atoms with E-state index >= 15 is 0 Å². The molecule has 0 radical (unpaired) electrons. The number of anilines is 1. The summed E-state index contributed by atoms with van der Waals surface area (Å²) in [6.07, 6.45) is 2.46. The summed E-state index contributed by atoms with van der Waals surface area (Å²) in [4.78, 5) is 26.7. The molecule has 7 nitrogen and oxygen atoms in total. The average Bonchev–Trinajstić information content (AvgIpc) is 3.35. The molecule has 154 valence electrons. The lowest BCUT2D eigenvalue weighted by Crippen LogP contribution is -2.26. The molecule has 30 heavy (non-hydrogen) atoms. The van der Waals surface area contributed by atoms with Gasteiger partial charge >= 0.3 is 0 Å². The van der Waals surface area contributed by atoms with Crippen LogP contribution in [0.1, 0.15) is 37.8 Å². The van der Waals surface area contributed by atoms with Gasteiger partial charge in [0, 0.05) is 31.4 Å². The lowest BCUT2D eigenvalue weighted by Gasteiger charge is -2.18. The summed E-state index contributed by atoms with van der Waals surface area (Å²) in [5.74, 6) is -1.31. The molecule has 0 bridgehead atoms. The van der Waals surface area contributed by atoms with Crippen LogP contribution < -0.4 is 15.4 Å². The monoisotopic (exact) mass is 408 g/mol. The second-order valence-electron chi connectivity index (χ2n) is 7.24. The number of aryl methyl sites for hydroxylation is 1. The van der Waals surface area contributed by atoms with E-state index in [-0.39, 0.29) is 22.8 Å². The summed E-state index contributed by atoms with van der Waals surface area (Å²) in [5.41, 5.74) is 7.89. The van der Waals surface area contributed by atoms with Gasteiger partial charge in [0.2, 0.25) is 0 Å². The minimum atomic E-state index is -0.804. The summed E-state index contributed by atoms with van der Waals surface area (Å²) in [7, 11) is 3.37. The predicted molar refractivity (Wildman–Crippen MR) is 110 cm³/mol. The average molecular weight is 408 g/mol. The molecule has 2 unspecified atom stereocenters. The quantitative estimate of drug-likeness (QED) is 0.703. The van der Waals surface area contributed by atoms with Crippen LogP contribution >= 0.6 is 0 Å². The number of nitrogens with zero attached hydrogens (tertiary/aromatic N) is 3. The van der Waals surface area contributed by atoms with Crippen LogP contribution in [-0.4, -0.2) is 41.4 Å². The Hall–Kier alpha value is -3.68. The highest BCUT2D eigenvalue weighted by molar-refractivity contribution is 6.08. The number of amides is 2. The van der Waals surface area contributed by atoms with E-state index in [1.54, 1.807) is 37.2 Å². The molecular weight excluding hydrogens is 387 g/mol. The van der Waals surface area contributed by atoms with E-state index in [4.69, 9.17) is 10.5 Å². The third-order valence-electron chi connectivity index (χ3n) is 5.30. The number of rotatable bonds is 5. The first kappa shape index (κ1) is 19.6. The first-order valence-electron chi connectivity index (χ1n) is 9.42. The summed E-state index contributed by atoms with van der Waals surface area (Å²) >= 11 is 0. The van der Waals surface area contributed by atoms with Crippen LogP contribution in [0.3, 0.4) is 0 Å². The zero-order valence-electron chi connectivity index (χ0n) is 16.6. The third-order valence-corrected chi connectivity index (χ3v) is 5.30. The number of carbonyl (C=O) groups is 2. The number of fused-ring (bicyclic) bond motifs is 1. The molecule has 2 atom stereocenters. The van der Waals surface area contributed by atoms with Gasteiger partial charge in [-0.05, 0) is 17.7 Å². The molecule has 2 heterocycles. The Kier molecular flexibility index (Phi) is 4.99. The van der Waals surface area contributed by atoms with Crippen LogP contribution in [0.25, 0.3) is 0 Å². The number of primary amides is 1. The largest absolute Gasteiger partial charge is 0.486 e. The predicted octanol–water partition coefficient (Wildman–Crippen LogP) is 2.66. The Morgan fingerprint density at radius 2 is 2.00 bits per heavy atom. The number of ether oxygens (including phenoxy) is 1. The lowest BCUT2D eigenvalue weighted by atomic mass is 9.86. The van der Waals surface area contributed by atoms with E-state index in [1.807, 2.05) is 30.3 Å². The number of halogens is 1. The normalized spacial score (nSPS) is 17.3. The van der Waals surface area contributed by atoms with Crippen molar-refractivity contribution in [1.29, 1.82) is 0 Å². The molecule has 1 aliphatic rings. The number of hydrogen-bond acceptors (Lipinski definition) is 4. The number of aromatic nitrogens is 2. The Morgan fingerprint density at radius 1 is 1.27 bits per heavy atom. The maximum absolute atomic E-state index is 13.8. The lowest BCUT2D eigenvalue weighted by molar-refractivity contribution is 0.0992. The van der Waals surface area contributed by atoms with Gasteiger partial charge in [-0.2, -0.15) is 5.10 Å². The van der Waals surface area contributed by atoms with Crippen molar-refractivity contribution in [3.05, 3.63) is 77.1 Å². The molecule has 0 spiro atoms. The maximum Gasteiger partial charge on any atom is 0.258 e. The van der Waals surface area contributed by atoms with Crippen LogP contribution in [0, 0.1) is 0 Å². The fourth-order valence-corrected chi connectivity index (χ4v) is 3.81. The number of hydrogen-bond donors (Lipinski definition) is 1. The minimum absolute atomic E-state index is 0.0623. The van der Waals surface area contributed by atoms with E-state index in [0.29, 0.717) is 11.3 Å². The second-order valence-corrected chi connectivity index (χ2v) is 7.24. The SMILES string of the molecule is CN(C(=O)c1cc(C(N)=O)c2c(c1)C(c1ccccc1)C(CF)O2)c1cnn(C)c1. The smallest absolute Gasteiger partial charge is 0.258 e. The molecule has 1 aromatic heterocycles. The van der Waals surface area contributed by atoms with Gasteiger partial charge in [-0.1, -0.05) is 30.3 Å². The van der Waals surface area contributed by atoms with E-state index in [1.165, 1.54) is 11.0 Å². The molecule has 2 aromatic carbocycles. The van der Waals surface area contributed by atoms with Gasteiger partial charge in [-0.25, -0.2) is 4.39 Å². The first-order chi connectivity index (χ1) is 14.4. The molecule has 8 heteroatoms. The number of benzene rings is 2. The molecule has 0 saturated carbocycles. The van der Waals surface area contributed by atoms with E-state index < -0.39 is 24.6 Å². The van der Waals surface area contributed by atoms with Gasteiger partial charge in [0.05, 0.1) is 23.4 Å². The maximum atomic E-state index is 13.8. The van der Waals surface area contributed by atoms with E-state index in [0.717, 1.165) is 5.56 Å². The van der Waals surface area contributed by atoms with E-state index in [9.17, 15) is 14.0 Å². The van der Waals surface area contributed by atoms with Crippen molar-refractivity contribution in [2.75, 3.05) is 18.6 Å². The number of carbonyl (C=O) groups excluding carboxylic acids is 2. The first-order valence-corrected chi connectivity index (χ1v) is 9.42. The highest BCUT2D eigenvalue weighted by atomic mass is 19.1. The van der Waals surface area contributed by atoms with Gasteiger partial charge in [0.1, 0.15) is 18.5 Å². The van der Waals surface area contributed by atoms with Gasteiger partial charge in [-0.3, -0.25) is 14.3 Å². The number of alkyl halides is 1. The fourth-order valence-electron chi connectivity index (χ4n) is 3.81. The van der Waals surface area contributed by atoms with Crippen molar-refractivity contribution in [3.8, 4) is 5.75 Å². The number of nitrogens with two attached hydrogens (primary N) is 1. The molecule has 3 aromatic rings. The van der Waals surface area contributed by atoms with Crippen molar-refractivity contribution < 1.29 is 18.7 Å². The van der Waals surface area contributed by atoms with Crippen molar-refractivity contribution in [2.24, 2.45) is 12.8 Å². The van der Waals surface area contributed by atoms with Gasteiger partial charge < -0.3 is 15.4 Å². The van der Waals surface area contributed by atoms with Gasteiger partial charge in [0.15, 0.2) is 0 Å². The van der Waals surface area contributed by atoms with Crippen molar-refractivity contribution in [2.45, 2.75) is 12.0 Å². The molecule has 0 saturated heterocycles. The zero-order chi connectivity index (χ0) is 21.4. The molecule has 0 aliphatic carbocycles. The van der Waals surface area contributed by atoms with Crippen LogP contribution in [0.2, 0.25) is 0 Å². The minimum Gasteiger partial charge on any atom is -0.486 e. The van der Waals surface area contributed by atoms with E-state index in [2.05, 4.69) is 5.10 Å². The standard InChI is InChI=1S/C22H21FN4O3/c1-26-12-15(11-25-26)27(2)22(29)14-8-16-19(13-6-4-3-5-7-13)18(10-23)30-20(16)17(9-14)21(24)28/h3-9,11-12,18-19H,10H2,1-2H3,(H2,24,28). The molecule has 2 amide bonds. The Labute approximate surface area is 172 Å². The van der Waals surface area contributed by atoms with Crippen LogP contribution in [0.5, 0.6) is 5.75 Å². The highest BCUT2D eigenvalue weighted by Gasteiger charge is 2.39. The van der Waals surface area contributed by atoms with Crippen molar-refractivity contribution in [1.82, 2.24) is 9.78 Å². The molecule has 1 aliphatic heterocycles. The Morgan fingerprint density at radius 3 is 2.60 bits per heavy atom. The Balaban J connectivity index is 1.83. The summed E-state index contributed by atoms with van der Waals surface area (Å²) < 4.78 is 21.2.